The zero-order valence-electron chi connectivity index (χ0n) is 21.5. The maximum atomic E-state index is 13.4. The van der Waals surface area contributed by atoms with Gasteiger partial charge in [0.1, 0.15) is 5.82 Å². The molecule has 0 saturated carbocycles. The highest BCUT2D eigenvalue weighted by atomic mass is 32.2. The molecule has 0 aliphatic carbocycles. The van der Waals surface area contributed by atoms with Crippen molar-refractivity contribution in [1.29, 1.82) is 0 Å². The number of fused-ring (bicyclic) bond motifs is 4. The lowest BCUT2D eigenvalue weighted by atomic mass is 10.00. The van der Waals surface area contributed by atoms with E-state index in [0.717, 1.165) is 22.3 Å². The summed E-state index contributed by atoms with van der Waals surface area (Å²) < 4.78 is 29.3. The van der Waals surface area contributed by atoms with Crippen molar-refractivity contribution < 1.29 is 13.2 Å². The van der Waals surface area contributed by atoms with E-state index in [9.17, 15) is 13.2 Å². The number of rotatable bonds is 3. The molecule has 4 bridgehead atoms. The fourth-order valence-corrected chi connectivity index (χ4v) is 5.69. The van der Waals surface area contributed by atoms with E-state index in [1.165, 1.54) is 12.1 Å². The Balaban J connectivity index is 1.71. The number of carbonyl (C=O) groups is 1. The summed E-state index contributed by atoms with van der Waals surface area (Å²) in [5.74, 6) is 0.170. The SMILES string of the molecule is Cc1cccc(C)c1-c1cc2nc(n1)NS(=O)(=O)c1cccc(c1)C(=O)N[C@H](C)CN2Cc1ccccc1. The lowest BCUT2D eigenvalue weighted by molar-refractivity contribution is 0.0940. The van der Waals surface area contributed by atoms with Crippen molar-refractivity contribution in [2.75, 3.05) is 16.2 Å². The quantitative estimate of drug-likeness (QED) is 0.400. The van der Waals surface area contributed by atoms with Gasteiger partial charge in [-0.15, -0.1) is 0 Å². The van der Waals surface area contributed by atoms with E-state index in [-0.39, 0.29) is 28.4 Å². The fourth-order valence-electron chi connectivity index (χ4n) is 4.70. The molecule has 0 spiro atoms. The molecular formula is C29H29N5O3S. The van der Waals surface area contributed by atoms with Crippen LogP contribution in [-0.2, 0) is 16.6 Å². The van der Waals surface area contributed by atoms with Crippen molar-refractivity contribution in [3.8, 4) is 11.3 Å². The molecule has 1 aliphatic heterocycles. The molecule has 1 amide bonds. The molecular weight excluding hydrogens is 498 g/mol. The van der Waals surface area contributed by atoms with E-state index in [2.05, 4.69) is 20.0 Å². The van der Waals surface area contributed by atoms with Gasteiger partial charge in [-0.1, -0.05) is 54.6 Å². The first-order chi connectivity index (χ1) is 18.2. The maximum absolute atomic E-state index is 13.4. The third kappa shape index (κ3) is 5.38. The van der Waals surface area contributed by atoms with E-state index in [4.69, 9.17) is 0 Å². The molecule has 9 heteroatoms. The molecule has 1 aromatic heterocycles. The van der Waals surface area contributed by atoms with E-state index in [1.807, 2.05) is 80.3 Å². The topological polar surface area (TPSA) is 104 Å². The third-order valence-corrected chi connectivity index (χ3v) is 7.82. The highest BCUT2D eigenvalue weighted by Gasteiger charge is 2.24. The molecule has 0 saturated heterocycles. The molecule has 2 heterocycles. The van der Waals surface area contributed by atoms with Crippen molar-refractivity contribution in [3.63, 3.8) is 0 Å². The average molecular weight is 528 g/mol. The number of carbonyl (C=O) groups excluding carboxylic acids is 1. The summed E-state index contributed by atoms with van der Waals surface area (Å²) in [7, 11) is -4.06. The summed E-state index contributed by atoms with van der Waals surface area (Å²) in [4.78, 5) is 24.3. The minimum Gasteiger partial charge on any atom is -0.350 e. The number of nitrogens with zero attached hydrogens (tertiary/aromatic N) is 3. The first kappa shape index (κ1) is 25.4. The van der Waals surface area contributed by atoms with Gasteiger partial charge in [0.05, 0.1) is 10.6 Å². The number of nitrogens with one attached hydrogen (secondary N) is 2. The summed E-state index contributed by atoms with van der Waals surface area (Å²) in [6, 6.07) is 23.5. The Morgan fingerprint density at radius 3 is 2.37 bits per heavy atom. The molecule has 1 aliphatic rings. The number of hydrogen-bond acceptors (Lipinski definition) is 6. The van der Waals surface area contributed by atoms with Gasteiger partial charge >= 0.3 is 0 Å². The van der Waals surface area contributed by atoms with Gasteiger partial charge in [-0.3, -0.25) is 4.79 Å². The van der Waals surface area contributed by atoms with Gasteiger partial charge in [0.2, 0.25) is 5.95 Å². The molecule has 4 aromatic rings. The lowest BCUT2D eigenvalue weighted by Gasteiger charge is -2.28. The summed E-state index contributed by atoms with van der Waals surface area (Å²) >= 11 is 0. The number of aromatic nitrogens is 2. The van der Waals surface area contributed by atoms with Crippen LogP contribution in [0.1, 0.15) is 34.0 Å². The van der Waals surface area contributed by atoms with Crippen LogP contribution < -0.4 is 14.9 Å². The second-order valence-corrected chi connectivity index (χ2v) is 11.3. The summed E-state index contributed by atoms with van der Waals surface area (Å²) in [5, 5.41) is 3.00. The van der Waals surface area contributed by atoms with Gasteiger partial charge in [-0.25, -0.2) is 18.1 Å². The first-order valence-corrected chi connectivity index (χ1v) is 13.9. The van der Waals surface area contributed by atoms with Gasteiger partial charge in [0.25, 0.3) is 15.9 Å². The number of aryl methyl sites for hydroxylation is 2. The monoisotopic (exact) mass is 527 g/mol. The Hall–Kier alpha value is -4.24. The number of amides is 1. The molecule has 8 nitrogen and oxygen atoms in total. The van der Waals surface area contributed by atoms with Crippen LogP contribution in [0.25, 0.3) is 11.3 Å². The van der Waals surface area contributed by atoms with Crippen LogP contribution in [0.2, 0.25) is 0 Å². The molecule has 0 radical (unpaired) electrons. The molecule has 1 atom stereocenters. The largest absolute Gasteiger partial charge is 0.350 e. The normalized spacial score (nSPS) is 16.9. The average Bonchev–Trinajstić information content (AvgIpc) is 2.88. The first-order valence-electron chi connectivity index (χ1n) is 12.4. The Morgan fingerprint density at radius 1 is 0.921 bits per heavy atom. The summed E-state index contributed by atoms with van der Waals surface area (Å²) in [5.41, 5.74) is 4.88. The number of hydrogen-bond donors (Lipinski definition) is 2. The second kappa shape index (κ2) is 10.3. The zero-order chi connectivity index (χ0) is 26.9. The highest BCUT2D eigenvalue weighted by molar-refractivity contribution is 7.92. The van der Waals surface area contributed by atoms with Gasteiger partial charge in [-0.05, 0) is 55.7 Å². The Bertz CT molecular complexity index is 1590. The summed E-state index contributed by atoms with van der Waals surface area (Å²) in [6.45, 7) is 6.87. The van der Waals surface area contributed by atoms with E-state index in [1.54, 1.807) is 12.1 Å². The van der Waals surface area contributed by atoms with Crippen molar-refractivity contribution in [3.05, 3.63) is 101 Å². The van der Waals surface area contributed by atoms with Crippen molar-refractivity contribution >= 4 is 27.7 Å². The Morgan fingerprint density at radius 2 is 1.63 bits per heavy atom. The molecule has 38 heavy (non-hydrogen) atoms. The van der Waals surface area contributed by atoms with E-state index in [0.29, 0.717) is 24.6 Å². The molecule has 3 aromatic carbocycles. The van der Waals surface area contributed by atoms with Crippen LogP contribution >= 0.6 is 0 Å². The van der Waals surface area contributed by atoms with E-state index < -0.39 is 10.0 Å². The molecule has 2 N–H and O–H groups in total. The maximum Gasteiger partial charge on any atom is 0.264 e. The van der Waals surface area contributed by atoms with Crippen LogP contribution in [-0.4, -0.2) is 36.9 Å². The van der Waals surface area contributed by atoms with Crippen LogP contribution in [0.5, 0.6) is 0 Å². The van der Waals surface area contributed by atoms with Gasteiger partial charge in [0, 0.05) is 36.3 Å². The minimum absolute atomic E-state index is 0.0326. The Kier molecular flexibility index (Phi) is 6.86. The van der Waals surface area contributed by atoms with Gasteiger partial charge < -0.3 is 10.2 Å². The molecule has 194 valence electrons. The van der Waals surface area contributed by atoms with Crippen molar-refractivity contribution in [2.45, 2.75) is 38.3 Å². The predicted molar refractivity (Wildman–Crippen MR) is 149 cm³/mol. The van der Waals surface area contributed by atoms with Crippen LogP contribution in [0.4, 0.5) is 11.8 Å². The molecule has 0 unspecified atom stereocenters. The number of benzene rings is 3. The van der Waals surface area contributed by atoms with Gasteiger partial charge in [0.15, 0.2) is 0 Å². The highest BCUT2D eigenvalue weighted by Crippen LogP contribution is 2.30. The fraction of sp³-hybridized carbons (Fsp3) is 0.207. The van der Waals surface area contributed by atoms with Gasteiger partial charge in [-0.2, -0.15) is 4.98 Å². The lowest BCUT2D eigenvalue weighted by Crippen LogP contribution is -2.42. The van der Waals surface area contributed by atoms with E-state index >= 15 is 0 Å². The smallest absolute Gasteiger partial charge is 0.264 e. The molecule has 0 fully saturated rings. The number of anilines is 2. The van der Waals surface area contributed by atoms with Crippen LogP contribution in [0.15, 0.2) is 83.8 Å². The zero-order valence-corrected chi connectivity index (χ0v) is 22.3. The van der Waals surface area contributed by atoms with Crippen LogP contribution in [0, 0.1) is 13.8 Å². The minimum atomic E-state index is -4.06. The van der Waals surface area contributed by atoms with Crippen molar-refractivity contribution in [2.24, 2.45) is 0 Å². The standard InChI is InChI=1S/C29H29N5O3S/c1-19-9-7-10-20(2)27(19)25-16-26-32-29(31-25)33-38(36,37)24-14-8-13-23(15-24)28(35)30-21(3)17-34(26)18-22-11-5-4-6-12-22/h4-16,21H,17-18H2,1-3H3,(H,30,35)(H,31,32,33)/t21-/m1/s1. The second-order valence-electron chi connectivity index (χ2n) is 9.58. The van der Waals surface area contributed by atoms with Crippen molar-refractivity contribution in [1.82, 2.24) is 15.3 Å². The summed E-state index contributed by atoms with van der Waals surface area (Å²) in [6.07, 6.45) is 0. The molecule has 5 rings (SSSR count). The van der Waals surface area contributed by atoms with Crippen LogP contribution in [0.3, 0.4) is 0 Å². The Labute approximate surface area is 222 Å². The predicted octanol–water partition coefficient (Wildman–Crippen LogP) is 4.70. The third-order valence-electron chi connectivity index (χ3n) is 6.49. The number of sulfonamides is 1.